The third-order valence-electron chi connectivity index (χ3n) is 4.54. The summed E-state index contributed by atoms with van der Waals surface area (Å²) >= 11 is 0. The van der Waals surface area contributed by atoms with E-state index in [0.717, 1.165) is 18.7 Å². The van der Waals surface area contributed by atoms with E-state index in [1.165, 1.54) is 18.4 Å². The Bertz CT molecular complexity index is 485. The van der Waals surface area contributed by atoms with E-state index in [-0.39, 0.29) is 11.0 Å². The summed E-state index contributed by atoms with van der Waals surface area (Å²) in [6.07, 6.45) is 5.44. The summed E-state index contributed by atoms with van der Waals surface area (Å²) in [6, 6.07) is 0.519. The molecule has 1 heterocycles. The molecular formula is C18H34N4. The van der Waals surface area contributed by atoms with Gasteiger partial charge in [0.2, 0.25) is 0 Å². The third-order valence-corrected chi connectivity index (χ3v) is 4.54. The highest BCUT2D eigenvalue weighted by molar-refractivity contribution is 5.06. The van der Waals surface area contributed by atoms with Crippen LogP contribution < -0.4 is 5.32 Å². The number of allylic oxidation sites excluding steroid dienone is 1. The van der Waals surface area contributed by atoms with E-state index in [9.17, 15) is 0 Å². The van der Waals surface area contributed by atoms with Gasteiger partial charge in [0.15, 0.2) is 0 Å². The first kappa shape index (κ1) is 18.9. The van der Waals surface area contributed by atoms with Crippen LogP contribution in [0.1, 0.15) is 73.4 Å². The highest BCUT2D eigenvalue weighted by Crippen LogP contribution is 2.37. The van der Waals surface area contributed by atoms with Crippen molar-refractivity contribution in [2.75, 3.05) is 0 Å². The van der Waals surface area contributed by atoms with Crippen molar-refractivity contribution in [1.29, 1.82) is 0 Å². The van der Waals surface area contributed by atoms with Gasteiger partial charge in [0.1, 0.15) is 0 Å². The molecule has 0 aromatic carbocycles. The molecule has 1 rings (SSSR count). The Morgan fingerprint density at radius 3 is 2.55 bits per heavy atom. The van der Waals surface area contributed by atoms with E-state index >= 15 is 0 Å². The molecule has 1 N–H and O–H groups in total. The lowest BCUT2D eigenvalue weighted by molar-refractivity contribution is 0.207. The predicted octanol–water partition coefficient (Wildman–Crippen LogP) is 4.28. The lowest BCUT2D eigenvalue weighted by Gasteiger charge is -2.35. The van der Waals surface area contributed by atoms with Crippen LogP contribution >= 0.6 is 0 Å². The summed E-state index contributed by atoms with van der Waals surface area (Å²) in [6.45, 7) is 20.3. The smallest absolute Gasteiger partial charge is 0.0965 e. The van der Waals surface area contributed by atoms with Gasteiger partial charge in [-0.3, -0.25) is 0 Å². The van der Waals surface area contributed by atoms with Crippen LogP contribution in [-0.4, -0.2) is 21.0 Å². The fourth-order valence-corrected chi connectivity index (χ4v) is 2.80. The minimum Gasteiger partial charge on any atom is -0.309 e. The van der Waals surface area contributed by atoms with Gasteiger partial charge >= 0.3 is 0 Å². The van der Waals surface area contributed by atoms with Crippen molar-refractivity contribution >= 4 is 0 Å². The molecule has 1 aromatic rings. The maximum Gasteiger partial charge on any atom is 0.0965 e. The SMILES string of the molecule is C=C(C)C(C)(C)CC(C)(C)n1cc(CNC(C)CCC)nn1. The van der Waals surface area contributed by atoms with Crippen LogP contribution in [0.2, 0.25) is 0 Å². The minimum absolute atomic E-state index is 0.0806. The van der Waals surface area contributed by atoms with Gasteiger partial charge in [0.05, 0.1) is 17.4 Å². The molecule has 0 radical (unpaired) electrons. The van der Waals surface area contributed by atoms with Gasteiger partial charge < -0.3 is 5.32 Å². The van der Waals surface area contributed by atoms with Crippen molar-refractivity contribution in [2.45, 2.75) is 85.9 Å². The van der Waals surface area contributed by atoms with E-state index in [1.807, 2.05) is 4.68 Å². The quantitative estimate of drug-likeness (QED) is 0.692. The van der Waals surface area contributed by atoms with E-state index in [1.54, 1.807) is 0 Å². The van der Waals surface area contributed by atoms with Crippen LogP contribution in [0, 0.1) is 5.41 Å². The zero-order chi connectivity index (χ0) is 17.0. The summed E-state index contributed by atoms with van der Waals surface area (Å²) in [7, 11) is 0. The molecule has 0 bridgehead atoms. The first-order chi connectivity index (χ1) is 10.1. The van der Waals surface area contributed by atoms with Gasteiger partial charge in [-0.05, 0) is 46.0 Å². The maximum atomic E-state index is 4.35. The minimum atomic E-state index is -0.0806. The Balaban J connectivity index is 2.71. The molecule has 0 saturated heterocycles. The molecule has 0 aliphatic carbocycles. The number of nitrogens with zero attached hydrogens (tertiary/aromatic N) is 3. The molecule has 1 unspecified atom stereocenters. The summed E-state index contributed by atoms with van der Waals surface area (Å²) in [5.41, 5.74) is 2.21. The molecule has 0 aliphatic rings. The van der Waals surface area contributed by atoms with Crippen molar-refractivity contribution in [3.05, 3.63) is 24.0 Å². The second kappa shape index (κ2) is 7.40. The standard InChI is InChI=1S/C18H34N4/c1-9-10-15(4)19-11-16-12-22(21-20-16)18(7,8)13-17(5,6)14(2)3/h12,15,19H,2,9-11,13H2,1,3-8H3. The number of nitrogens with one attached hydrogen (secondary N) is 1. The Morgan fingerprint density at radius 2 is 2.00 bits per heavy atom. The molecule has 4 heteroatoms. The van der Waals surface area contributed by atoms with Crippen molar-refractivity contribution in [1.82, 2.24) is 20.3 Å². The molecule has 4 nitrogen and oxygen atoms in total. The Morgan fingerprint density at radius 1 is 1.36 bits per heavy atom. The second-order valence-corrected chi connectivity index (χ2v) is 7.88. The lowest BCUT2D eigenvalue weighted by Crippen LogP contribution is -2.33. The van der Waals surface area contributed by atoms with Crippen LogP contribution in [-0.2, 0) is 12.1 Å². The number of aromatic nitrogens is 3. The van der Waals surface area contributed by atoms with Crippen molar-refractivity contribution in [3.63, 3.8) is 0 Å². The van der Waals surface area contributed by atoms with Gasteiger partial charge in [0.25, 0.3) is 0 Å². The highest BCUT2D eigenvalue weighted by atomic mass is 15.4. The Labute approximate surface area is 136 Å². The van der Waals surface area contributed by atoms with E-state index in [4.69, 9.17) is 0 Å². The Kier molecular flexibility index (Phi) is 6.36. The van der Waals surface area contributed by atoms with E-state index in [0.29, 0.717) is 6.04 Å². The van der Waals surface area contributed by atoms with Crippen molar-refractivity contribution in [2.24, 2.45) is 5.41 Å². The molecule has 0 aliphatic heterocycles. The molecule has 1 aromatic heterocycles. The van der Waals surface area contributed by atoms with Crippen LogP contribution in [0.15, 0.2) is 18.3 Å². The zero-order valence-corrected chi connectivity index (χ0v) is 15.5. The third kappa shape index (κ3) is 5.24. The first-order valence-corrected chi connectivity index (χ1v) is 8.39. The summed E-state index contributed by atoms with van der Waals surface area (Å²) in [5, 5.41) is 12.2. The molecule has 126 valence electrons. The summed E-state index contributed by atoms with van der Waals surface area (Å²) in [5.74, 6) is 0. The molecule has 1 atom stereocenters. The summed E-state index contributed by atoms with van der Waals surface area (Å²) < 4.78 is 2.00. The zero-order valence-electron chi connectivity index (χ0n) is 15.5. The van der Waals surface area contributed by atoms with Gasteiger partial charge in [0, 0.05) is 12.6 Å². The van der Waals surface area contributed by atoms with E-state index in [2.05, 4.69) is 76.9 Å². The average Bonchev–Trinajstić information content (AvgIpc) is 2.85. The number of hydrogen-bond acceptors (Lipinski definition) is 3. The lowest BCUT2D eigenvalue weighted by atomic mass is 9.76. The van der Waals surface area contributed by atoms with Crippen LogP contribution in [0.5, 0.6) is 0 Å². The fraction of sp³-hybridized carbons (Fsp3) is 0.778. The average molecular weight is 306 g/mol. The number of hydrogen-bond donors (Lipinski definition) is 1. The molecule has 22 heavy (non-hydrogen) atoms. The van der Waals surface area contributed by atoms with Crippen LogP contribution in [0.25, 0.3) is 0 Å². The van der Waals surface area contributed by atoms with Crippen molar-refractivity contribution in [3.8, 4) is 0 Å². The van der Waals surface area contributed by atoms with Gasteiger partial charge in [-0.25, -0.2) is 4.68 Å². The largest absolute Gasteiger partial charge is 0.309 e. The predicted molar refractivity (Wildman–Crippen MR) is 93.8 cm³/mol. The monoisotopic (exact) mass is 306 g/mol. The number of rotatable bonds is 9. The molecule has 0 spiro atoms. The first-order valence-electron chi connectivity index (χ1n) is 8.39. The molecule has 0 saturated carbocycles. The normalized spacial score (nSPS) is 14.1. The Hall–Kier alpha value is -1.16. The molecular weight excluding hydrogens is 272 g/mol. The van der Waals surface area contributed by atoms with E-state index < -0.39 is 0 Å². The molecule has 0 amide bonds. The van der Waals surface area contributed by atoms with Crippen LogP contribution in [0.3, 0.4) is 0 Å². The van der Waals surface area contributed by atoms with Gasteiger partial charge in [-0.15, -0.1) is 5.10 Å². The molecule has 0 fully saturated rings. The highest BCUT2D eigenvalue weighted by Gasteiger charge is 2.31. The maximum absolute atomic E-state index is 4.35. The topological polar surface area (TPSA) is 42.7 Å². The van der Waals surface area contributed by atoms with Crippen LogP contribution in [0.4, 0.5) is 0 Å². The second-order valence-electron chi connectivity index (χ2n) is 7.88. The van der Waals surface area contributed by atoms with Gasteiger partial charge in [-0.1, -0.05) is 44.6 Å². The van der Waals surface area contributed by atoms with Gasteiger partial charge in [-0.2, -0.15) is 0 Å². The summed E-state index contributed by atoms with van der Waals surface area (Å²) in [4.78, 5) is 0. The fourth-order valence-electron chi connectivity index (χ4n) is 2.80. The van der Waals surface area contributed by atoms with Crippen molar-refractivity contribution < 1.29 is 0 Å².